The van der Waals surface area contributed by atoms with Gasteiger partial charge in [-0.2, -0.15) is 5.10 Å². The lowest BCUT2D eigenvalue weighted by Crippen LogP contribution is -2.24. The Bertz CT molecular complexity index is 1030. The molecule has 0 atom stereocenters. The zero-order valence-corrected chi connectivity index (χ0v) is 17.5. The lowest BCUT2D eigenvalue weighted by molar-refractivity contribution is -0.123. The van der Waals surface area contributed by atoms with Crippen LogP contribution < -0.4 is 19.8 Å². The number of benzene rings is 2. The average Bonchev–Trinajstić information content (AvgIpc) is 2.79. The number of nitrogens with zero attached hydrogens (tertiary/aromatic N) is 3. The molecule has 7 heteroatoms. The van der Waals surface area contributed by atoms with Gasteiger partial charge in [-0.15, -0.1) is 0 Å². The van der Waals surface area contributed by atoms with Gasteiger partial charge in [0.2, 0.25) is 0 Å². The first-order valence-electron chi connectivity index (χ1n) is 9.87. The number of aromatic nitrogens is 1. The molecule has 2 aromatic carbocycles. The molecule has 3 rings (SSSR count). The molecule has 0 fully saturated rings. The molecule has 0 aliphatic heterocycles. The van der Waals surface area contributed by atoms with E-state index in [-0.39, 0.29) is 12.5 Å². The third kappa shape index (κ3) is 5.05. The Kier molecular flexibility index (Phi) is 7.21. The molecule has 156 valence electrons. The highest BCUT2D eigenvalue weighted by Gasteiger charge is 2.08. The van der Waals surface area contributed by atoms with Crippen molar-refractivity contribution in [1.29, 1.82) is 0 Å². The maximum absolute atomic E-state index is 12.1. The Morgan fingerprint density at radius 1 is 1.13 bits per heavy atom. The topological polar surface area (TPSA) is 76.1 Å². The highest BCUT2D eigenvalue weighted by molar-refractivity contribution is 5.87. The molecule has 0 unspecified atom stereocenters. The Hall–Kier alpha value is -3.61. The van der Waals surface area contributed by atoms with Gasteiger partial charge in [-0.3, -0.25) is 9.78 Å². The van der Waals surface area contributed by atoms with E-state index in [9.17, 15) is 4.79 Å². The van der Waals surface area contributed by atoms with Gasteiger partial charge in [0.05, 0.1) is 13.3 Å². The van der Waals surface area contributed by atoms with E-state index in [1.807, 2.05) is 42.5 Å². The van der Waals surface area contributed by atoms with Crippen LogP contribution in [0.1, 0.15) is 19.4 Å². The zero-order valence-electron chi connectivity index (χ0n) is 17.5. The van der Waals surface area contributed by atoms with Crippen LogP contribution in [0.4, 0.5) is 5.69 Å². The van der Waals surface area contributed by atoms with E-state index < -0.39 is 0 Å². The SMILES string of the molecule is CCN(CC)c1ccc(/C=N/NC(=O)COc2cccc3cccnc23)c(OC)c1. The second kappa shape index (κ2) is 10.2. The number of anilines is 1. The van der Waals surface area contributed by atoms with Gasteiger partial charge in [-0.1, -0.05) is 18.2 Å². The number of hydrazone groups is 1. The molecule has 3 aromatic rings. The van der Waals surface area contributed by atoms with Crippen LogP contribution in [0.3, 0.4) is 0 Å². The minimum atomic E-state index is -0.363. The van der Waals surface area contributed by atoms with E-state index in [0.717, 1.165) is 29.7 Å². The smallest absolute Gasteiger partial charge is 0.277 e. The Morgan fingerprint density at radius 2 is 1.93 bits per heavy atom. The van der Waals surface area contributed by atoms with Gasteiger partial charge in [-0.05, 0) is 38.1 Å². The molecule has 1 aromatic heterocycles. The summed E-state index contributed by atoms with van der Waals surface area (Å²) >= 11 is 0. The van der Waals surface area contributed by atoms with Crippen LogP contribution in [0.2, 0.25) is 0 Å². The summed E-state index contributed by atoms with van der Waals surface area (Å²) in [6.07, 6.45) is 3.25. The number of para-hydroxylation sites is 1. The summed E-state index contributed by atoms with van der Waals surface area (Å²) < 4.78 is 11.1. The highest BCUT2D eigenvalue weighted by atomic mass is 16.5. The van der Waals surface area contributed by atoms with Gasteiger partial charge >= 0.3 is 0 Å². The van der Waals surface area contributed by atoms with E-state index >= 15 is 0 Å². The number of carbonyl (C=O) groups excluding carboxylic acids is 1. The molecule has 0 aliphatic carbocycles. The molecule has 0 aliphatic rings. The number of pyridine rings is 1. The van der Waals surface area contributed by atoms with Crippen molar-refractivity contribution >= 4 is 28.7 Å². The van der Waals surface area contributed by atoms with Crippen molar-refractivity contribution in [3.8, 4) is 11.5 Å². The number of rotatable bonds is 9. The monoisotopic (exact) mass is 406 g/mol. The Labute approximate surface area is 176 Å². The van der Waals surface area contributed by atoms with Crippen LogP contribution in [0.5, 0.6) is 11.5 Å². The minimum Gasteiger partial charge on any atom is -0.496 e. The van der Waals surface area contributed by atoms with E-state index in [4.69, 9.17) is 9.47 Å². The maximum atomic E-state index is 12.1. The van der Waals surface area contributed by atoms with E-state index in [1.165, 1.54) is 0 Å². The molecular formula is C23H26N4O3. The fourth-order valence-electron chi connectivity index (χ4n) is 3.13. The molecule has 0 spiro atoms. The number of methoxy groups -OCH3 is 1. The number of hydrogen-bond acceptors (Lipinski definition) is 6. The van der Waals surface area contributed by atoms with Gasteiger partial charge < -0.3 is 14.4 Å². The van der Waals surface area contributed by atoms with Crippen LogP contribution in [0.15, 0.2) is 59.8 Å². The average molecular weight is 406 g/mol. The zero-order chi connectivity index (χ0) is 21.3. The molecular weight excluding hydrogens is 380 g/mol. The van der Waals surface area contributed by atoms with E-state index in [0.29, 0.717) is 17.0 Å². The molecule has 0 radical (unpaired) electrons. The molecule has 1 heterocycles. The van der Waals surface area contributed by atoms with Crippen molar-refractivity contribution < 1.29 is 14.3 Å². The lowest BCUT2D eigenvalue weighted by atomic mass is 10.2. The molecule has 0 saturated heterocycles. The fraction of sp³-hybridized carbons (Fsp3) is 0.261. The van der Waals surface area contributed by atoms with E-state index in [2.05, 4.69) is 34.3 Å². The minimum absolute atomic E-state index is 0.162. The summed E-state index contributed by atoms with van der Waals surface area (Å²) in [4.78, 5) is 18.6. The number of ether oxygens (including phenoxy) is 2. The number of amides is 1. The normalized spacial score (nSPS) is 10.9. The third-order valence-electron chi connectivity index (χ3n) is 4.69. The van der Waals surface area contributed by atoms with Crippen LogP contribution >= 0.6 is 0 Å². The fourth-order valence-corrected chi connectivity index (χ4v) is 3.13. The highest BCUT2D eigenvalue weighted by Crippen LogP contribution is 2.25. The van der Waals surface area contributed by atoms with Crippen molar-refractivity contribution in [2.45, 2.75) is 13.8 Å². The molecule has 7 nitrogen and oxygen atoms in total. The summed E-state index contributed by atoms with van der Waals surface area (Å²) in [6, 6.07) is 15.3. The van der Waals surface area contributed by atoms with Gasteiger partial charge in [0.1, 0.15) is 17.0 Å². The number of fused-ring (bicyclic) bond motifs is 1. The van der Waals surface area contributed by atoms with Crippen LogP contribution in [-0.4, -0.2) is 43.9 Å². The molecule has 0 bridgehead atoms. The summed E-state index contributed by atoms with van der Waals surface area (Å²) in [5.41, 5.74) is 5.05. The Balaban J connectivity index is 1.60. The summed E-state index contributed by atoms with van der Waals surface area (Å²) in [6.45, 7) is 5.88. The largest absolute Gasteiger partial charge is 0.496 e. The summed E-state index contributed by atoms with van der Waals surface area (Å²) in [5, 5.41) is 4.98. The lowest BCUT2D eigenvalue weighted by Gasteiger charge is -2.21. The van der Waals surface area contributed by atoms with Crippen molar-refractivity contribution in [1.82, 2.24) is 10.4 Å². The van der Waals surface area contributed by atoms with Gasteiger partial charge in [0.25, 0.3) is 5.91 Å². The quantitative estimate of drug-likeness (QED) is 0.434. The Morgan fingerprint density at radius 3 is 2.70 bits per heavy atom. The van der Waals surface area contributed by atoms with Crippen molar-refractivity contribution in [3.05, 3.63) is 60.3 Å². The van der Waals surface area contributed by atoms with Crippen LogP contribution in [0, 0.1) is 0 Å². The van der Waals surface area contributed by atoms with E-state index in [1.54, 1.807) is 25.6 Å². The number of carbonyl (C=O) groups is 1. The van der Waals surface area contributed by atoms with Crippen molar-refractivity contribution in [2.75, 3.05) is 31.7 Å². The third-order valence-corrected chi connectivity index (χ3v) is 4.69. The standard InChI is InChI=1S/C23H26N4O3/c1-4-27(5-2)19-12-11-18(21(14-19)29-3)15-25-26-22(28)16-30-20-10-6-8-17-9-7-13-24-23(17)20/h6-15H,4-5,16H2,1-3H3,(H,26,28)/b25-15+. The van der Waals surface area contributed by atoms with Crippen molar-refractivity contribution in [2.24, 2.45) is 5.10 Å². The first-order chi connectivity index (χ1) is 14.7. The van der Waals surface area contributed by atoms with Crippen LogP contribution in [0.25, 0.3) is 10.9 Å². The second-order valence-electron chi connectivity index (χ2n) is 6.51. The molecule has 1 amide bonds. The molecule has 30 heavy (non-hydrogen) atoms. The molecule has 1 N–H and O–H groups in total. The van der Waals surface area contributed by atoms with Gasteiger partial charge in [0, 0.05) is 42.0 Å². The first kappa shape index (κ1) is 21.1. The number of nitrogens with one attached hydrogen (secondary N) is 1. The first-order valence-corrected chi connectivity index (χ1v) is 9.87. The van der Waals surface area contributed by atoms with Gasteiger partial charge in [-0.25, -0.2) is 5.43 Å². The summed E-state index contributed by atoms with van der Waals surface area (Å²) in [5.74, 6) is 0.884. The predicted octanol–water partition coefficient (Wildman–Crippen LogP) is 3.62. The maximum Gasteiger partial charge on any atom is 0.277 e. The van der Waals surface area contributed by atoms with Crippen molar-refractivity contribution in [3.63, 3.8) is 0 Å². The second-order valence-corrected chi connectivity index (χ2v) is 6.51. The molecule has 0 saturated carbocycles. The van der Waals surface area contributed by atoms with Crippen LogP contribution in [-0.2, 0) is 4.79 Å². The predicted molar refractivity (Wildman–Crippen MR) is 120 cm³/mol. The van der Waals surface area contributed by atoms with Gasteiger partial charge in [0.15, 0.2) is 6.61 Å². The summed E-state index contributed by atoms with van der Waals surface area (Å²) in [7, 11) is 1.61. The number of hydrogen-bond donors (Lipinski definition) is 1.